The van der Waals surface area contributed by atoms with E-state index in [1.54, 1.807) is 0 Å². The number of phosphoric acid groups is 1. The lowest BCUT2D eigenvalue weighted by Crippen LogP contribution is -2.30. The number of carbonyl (C=O) groups excluding carboxylic acids is 3. The number of ether oxygens (including phenoxy) is 3. The van der Waals surface area contributed by atoms with E-state index in [0.29, 0.717) is 25.7 Å². The zero-order valence-electron chi connectivity index (χ0n) is 47.8. The molecule has 3 atom stereocenters. The van der Waals surface area contributed by atoms with Gasteiger partial charge >= 0.3 is 25.7 Å². The van der Waals surface area contributed by atoms with Gasteiger partial charge in [-0.25, -0.2) is 4.57 Å². The fourth-order valence-corrected chi connectivity index (χ4v) is 7.38. The van der Waals surface area contributed by atoms with Gasteiger partial charge in [-0.05, 0) is 128 Å². The molecule has 0 aromatic carbocycles. The van der Waals surface area contributed by atoms with Crippen molar-refractivity contribution < 1.29 is 52.2 Å². The van der Waals surface area contributed by atoms with Gasteiger partial charge in [-0.2, -0.15) is 0 Å². The SMILES string of the molecule is CC/C=C\C/C=C\C/C=C\C/C=C\C/C=C\C/C=C\CCC(=O)OC(COC(=O)CC/C=C\C/C=C\C/C=C\C/C=C\CC)COP(=O)(O)OCC(CO)OC(=O)CCCCC/C=C\C/C=C\C/C=C\C/C=C\C/C=C\CC. The monoisotopic (exact) mass is 1100 g/mol. The molecule has 0 saturated carbocycles. The van der Waals surface area contributed by atoms with Crippen LogP contribution in [0.5, 0.6) is 0 Å². The summed E-state index contributed by atoms with van der Waals surface area (Å²) in [5.41, 5.74) is 0. The third kappa shape index (κ3) is 55.3. The first-order valence-electron chi connectivity index (χ1n) is 28.7. The molecule has 0 aromatic rings. The number of hydrogen-bond acceptors (Lipinski definition) is 10. The summed E-state index contributed by atoms with van der Waals surface area (Å²) in [6.45, 7) is 4.05. The van der Waals surface area contributed by atoms with Crippen molar-refractivity contribution in [3.8, 4) is 0 Å². The Morgan fingerprint density at radius 3 is 1.01 bits per heavy atom. The maximum Gasteiger partial charge on any atom is 0.472 e. The molecule has 0 saturated heterocycles. The van der Waals surface area contributed by atoms with Gasteiger partial charge in [0.15, 0.2) is 6.10 Å². The second-order valence-electron chi connectivity index (χ2n) is 18.0. The molecule has 434 valence electrons. The highest BCUT2D eigenvalue weighted by atomic mass is 31.2. The van der Waals surface area contributed by atoms with Crippen LogP contribution in [0.25, 0.3) is 0 Å². The standard InChI is InChI=1S/C66H99O11P/c1-4-7-10-13-16-19-22-25-27-29-31-33-35-38-41-44-47-50-53-56-65(69)76-62(58-67)60-74-78(71,72)75-61-63(59-73-64(68)55-52-49-46-43-40-37-24-21-18-15-12-9-6-3)77-66(70)57-54-51-48-45-42-39-36-34-32-30-28-26-23-20-17-14-11-8-5-2/h7-12,16-21,25-28,31-34,37-42,46,48-49,51,62-63,67H,4-6,13-15,22-24,29-30,35-36,43-45,47,50,52-61H2,1-3H3,(H,71,72)/b10-7-,11-8-,12-9-,19-16-,20-17-,21-18-,27-25-,28-26-,33-31-,34-32-,40-37-,41-38-,42-39-,49-46-,51-48-. The van der Waals surface area contributed by atoms with Gasteiger partial charge in [0, 0.05) is 19.3 Å². The molecular formula is C66H99O11P. The van der Waals surface area contributed by atoms with Crippen LogP contribution in [0, 0.1) is 0 Å². The highest BCUT2D eigenvalue weighted by Crippen LogP contribution is 2.43. The highest BCUT2D eigenvalue weighted by molar-refractivity contribution is 7.47. The predicted molar refractivity (Wildman–Crippen MR) is 324 cm³/mol. The van der Waals surface area contributed by atoms with Gasteiger partial charge in [0.1, 0.15) is 12.7 Å². The second kappa shape index (κ2) is 57.7. The second-order valence-corrected chi connectivity index (χ2v) is 19.4. The van der Waals surface area contributed by atoms with Crippen LogP contribution in [0.4, 0.5) is 0 Å². The van der Waals surface area contributed by atoms with E-state index >= 15 is 0 Å². The van der Waals surface area contributed by atoms with Crippen molar-refractivity contribution in [3.05, 3.63) is 182 Å². The number of unbranched alkanes of at least 4 members (excludes halogenated alkanes) is 3. The van der Waals surface area contributed by atoms with Gasteiger partial charge < -0.3 is 24.2 Å². The van der Waals surface area contributed by atoms with E-state index in [1.807, 2.05) is 24.3 Å². The summed E-state index contributed by atoms with van der Waals surface area (Å²) in [5.74, 6) is -1.73. The summed E-state index contributed by atoms with van der Waals surface area (Å²) in [5, 5.41) is 9.82. The molecule has 3 unspecified atom stereocenters. The average Bonchev–Trinajstić information content (AvgIpc) is 3.43. The van der Waals surface area contributed by atoms with E-state index in [2.05, 4.69) is 179 Å². The Bertz CT molecular complexity index is 2010. The Kier molecular flexibility index (Phi) is 53.7. The Balaban J connectivity index is 4.93. The molecule has 11 nitrogen and oxygen atoms in total. The topological polar surface area (TPSA) is 155 Å². The van der Waals surface area contributed by atoms with Crippen LogP contribution in [0.3, 0.4) is 0 Å². The van der Waals surface area contributed by atoms with Crippen LogP contribution in [-0.4, -0.2) is 66.5 Å². The molecular weight excluding hydrogens is 1000 g/mol. The maximum absolute atomic E-state index is 12.9. The predicted octanol–water partition coefficient (Wildman–Crippen LogP) is 17.2. The minimum atomic E-state index is -4.81. The molecule has 0 aliphatic heterocycles. The minimum absolute atomic E-state index is 0.0135. The van der Waals surface area contributed by atoms with E-state index in [9.17, 15) is 28.9 Å². The third-order valence-corrected chi connectivity index (χ3v) is 11.8. The van der Waals surface area contributed by atoms with Crippen LogP contribution in [-0.2, 0) is 42.2 Å². The molecule has 0 spiro atoms. The number of rotatable bonds is 50. The lowest BCUT2D eigenvalue weighted by atomic mass is 10.1. The lowest BCUT2D eigenvalue weighted by molar-refractivity contribution is -0.161. The summed E-state index contributed by atoms with van der Waals surface area (Å²) in [7, 11) is -4.81. The van der Waals surface area contributed by atoms with Crippen molar-refractivity contribution in [3.63, 3.8) is 0 Å². The van der Waals surface area contributed by atoms with Crippen molar-refractivity contribution >= 4 is 25.7 Å². The number of aliphatic hydroxyl groups excluding tert-OH is 1. The Hall–Kier alpha value is -5.42. The van der Waals surface area contributed by atoms with Crippen LogP contribution < -0.4 is 0 Å². The Morgan fingerprint density at radius 2 is 0.654 bits per heavy atom. The van der Waals surface area contributed by atoms with Gasteiger partial charge in [-0.1, -0.05) is 209 Å². The first-order valence-corrected chi connectivity index (χ1v) is 30.2. The fourth-order valence-electron chi connectivity index (χ4n) is 6.60. The van der Waals surface area contributed by atoms with E-state index < -0.39 is 64.4 Å². The fraction of sp³-hybridized carbons (Fsp3) is 0.500. The van der Waals surface area contributed by atoms with Crippen molar-refractivity contribution in [2.24, 2.45) is 0 Å². The van der Waals surface area contributed by atoms with Crippen molar-refractivity contribution in [1.82, 2.24) is 0 Å². The molecule has 0 bridgehead atoms. The first kappa shape index (κ1) is 72.6. The van der Waals surface area contributed by atoms with E-state index in [1.165, 1.54) is 0 Å². The molecule has 0 fully saturated rings. The van der Waals surface area contributed by atoms with Gasteiger partial charge in [0.25, 0.3) is 0 Å². The molecule has 0 rings (SSSR count). The lowest BCUT2D eigenvalue weighted by Gasteiger charge is -2.21. The van der Waals surface area contributed by atoms with Gasteiger partial charge in [0.2, 0.25) is 0 Å². The van der Waals surface area contributed by atoms with Crippen LogP contribution in [0.2, 0.25) is 0 Å². The summed E-state index contributed by atoms with van der Waals surface area (Å²) < 4.78 is 39.3. The molecule has 0 amide bonds. The number of phosphoric ester groups is 1. The molecule has 2 N–H and O–H groups in total. The molecule has 0 aliphatic carbocycles. The summed E-state index contributed by atoms with van der Waals surface area (Å²) in [6, 6.07) is 0. The molecule has 12 heteroatoms. The Morgan fingerprint density at radius 1 is 0.359 bits per heavy atom. The zero-order valence-corrected chi connectivity index (χ0v) is 48.7. The largest absolute Gasteiger partial charge is 0.472 e. The number of aliphatic hydroxyl groups is 1. The van der Waals surface area contributed by atoms with Crippen LogP contribution >= 0.6 is 7.82 Å². The van der Waals surface area contributed by atoms with Crippen LogP contribution in [0.15, 0.2) is 182 Å². The first-order chi connectivity index (χ1) is 38.2. The minimum Gasteiger partial charge on any atom is -0.462 e. The quantitative estimate of drug-likeness (QED) is 0.0197. The number of hydrogen-bond donors (Lipinski definition) is 2. The molecule has 0 heterocycles. The van der Waals surface area contributed by atoms with Crippen molar-refractivity contribution in [1.29, 1.82) is 0 Å². The molecule has 0 radical (unpaired) electrons. The van der Waals surface area contributed by atoms with Gasteiger partial charge in [0.05, 0.1) is 19.8 Å². The third-order valence-electron chi connectivity index (χ3n) is 10.8. The van der Waals surface area contributed by atoms with Crippen molar-refractivity contribution in [2.75, 3.05) is 26.4 Å². The average molecular weight is 1100 g/mol. The number of carbonyl (C=O) groups is 3. The normalized spacial score (nSPS) is 14.7. The zero-order chi connectivity index (χ0) is 56.9. The number of allylic oxidation sites excluding steroid dienone is 30. The molecule has 78 heavy (non-hydrogen) atoms. The molecule has 0 aromatic heterocycles. The van der Waals surface area contributed by atoms with Crippen molar-refractivity contribution in [2.45, 2.75) is 187 Å². The Labute approximate surface area is 471 Å². The number of esters is 3. The summed E-state index contributed by atoms with van der Waals surface area (Å²) in [6.07, 6.45) is 78.9. The van der Waals surface area contributed by atoms with Gasteiger partial charge in [-0.15, -0.1) is 0 Å². The highest BCUT2D eigenvalue weighted by Gasteiger charge is 2.28. The summed E-state index contributed by atoms with van der Waals surface area (Å²) in [4.78, 5) is 48.5. The van der Waals surface area contributed by atoms with E-state index in [0.717, 1.165) is 109 Å². The molecule has 0 aliphatic rings. The maximum atomic E-state index is 12.9. The van der Waals surface area contributed by atoms with E-state index in [4.69, 9.17) is 23.3 Å². The summed E-state index contributed by atoms with van der Waals surface area (Å²) >= 11 is 0. The van der Waals surface area contributed by atoms with E-state index in [-0.39, 0.29) is 19.3 Å². The van der Waals surface area contributed by atoms with Crippen LogP contribution in [0.1, 0.15) is 175 Å². The van der Waals surface area contributed by atoms with Gasteiger partial charge in [-0.3, -0.25) is 23.4 Å². The smallest absolute Gasteiger partial charge is 0.462 e.